The van der Waals surface area contributed by atoms with E-state index in [2.05, 4.69) is 16.0 Å². The summed E-state index contributed by atoms with van der Waals surface area (Å²) in [5.74, 6) is -6.06. The number of nitrogens with one attached hydrogen (secondary N) is 3. The minimum atomic E-state index is -1.79. The summed E-state index contributed by atoms with van der Waals surface area (Å²) in [5.41, 5.74) is 1.84. The van der Waals surface area contributed by atoms with Crippen molar-refractivity contribution >= 4 is 58.1 Å². The number of alkyl halides is 1. The van der Waals surface area contributed by atoms with E-state index in [1.807, 2.05) is 0 Å². The third kappa shape index (κ3) is 7.29. The molecule has 1 rings (SSSR count). The average molecular weight is 525 g/mol. The number of carboxylic acids is 2. The number of aliphatic hydroxyl groups is 1. The number of amides is 3. The second kappa shape index (κ2) is 12.3. The van der Waals surface area contributed by atoms with Crippen molar-refractivity contribution in [2.75, 3.05) is 18.2 Å². The molecule has 1 aliphatic rings. The lowest BCUT2D eigenvalue weighted by Gasteiger charge is -2.36. The molecule has 5 atom stereocenters. The summed E-state index contributed by atoms with van der Waals surface area (Å²) >= 11 is 6.25. The van der Waals surface area contributed by atoms with E-state index in [1.165, 1.54) is 13.8 Å². The van der Waals surface area contributed by atoms with Crippen LogP contribution in [-0.2, 0) is 28.8 Å². The van der Waals surface area contributed by atoms with Crippen LogP contribution in [0.2, 0.25) is 0 Å². The van der Waals surface area contributed by atoms with Crippen molar-refractivity contribution in [3.63, 3.8) is 0 Å². The lowest BCUT2D eigenvalue weighted by Crippen LogP contribution is -2.59. The van der Waals surface area contributed by atoms with Crippen molar-refractivity contribution < 1.29 is 44.1 Å². The molecule has 1 aliphatic heterocycles. The average Bonchev–Trinajstić information content (AvgIpc) is 2.92. The van der Waals surface area contributed by atoms with Crippen LogP contribution in [-0.4, -0.2) is 91.5 Å². The number of aliphatic carboxylic acids is 2. The van der Waals surface area contributed by atoms with Crippen molar-refractivity contribution in [1.29, 1.82) is 0 Å². The number of rotatable bonds is 13. The predicted molar refractivity (Wildman–Crippen MR) is 121 cm³/mol. The Bertz CT molecular complexity index is 841. The van der Waals surface area contributed by atoms with Gasteiger partial charge in [0.05, 0.1) is 5.92 Å². The zero-order chi connectivity index (χ0) is 26.3. The number of hydrogen-bond donors (Lipinski definition) is 7. The summed E-state index contributed by atoms with van der Waals surface area (Å²) in [5, 5.41) is 34.7. The molecule has 1 saturated heterocycles. The highest BCUT2D eigenvalue weighted by Gasteiger charge is 2.61. The SMILES string of the molecule is C[C@@]1(C(=O)SCC(NC(=O)CCC(N)C(=O)O)C(=O)NCC(=O)O)NC(=O)[C@H](CCCl)[C@]1(C)O. The van der Waals surface area contributed by atoms with Gasteiger partial charge in [-0.25, -0.2) is 0 Å². The topological polar surface area (TPSA) is 225 Å². The number of carbonyl (C=O) groups is 6. The number of thioether (sulfide) groups is 1. The Labute approximate surface area is 204 Å². The molecule has 34 heavy (non-hydrogen) atoms. The van der Waals surface area contributed by atoms with Crippen LogP contribution >= 0.6 is 23.4 Å². The third-order valence-electron chi connectivity index (χ3n) is 5.63. The van der Waals surface area contributed by atoms with Gasteiger partial charge in [-0.2, -0.15) is 0 Å². The van der Waals surface area contributed by atoms with Crippen molar-refractivity contribution in [1.82, 2.24) is 16.0 Å². The fraction of sp³-hybridized carbons (Fsp3) is 0.684. The molecule has 8 N–H and O–H groups in total. The first-order chi connectivity index (χ1) is 15.7. The number of nitrogens with two attached hydrogens (primary N) is 1. The number of carboxylic acid groups (broad SMARTS) is 2. The standard InChI is InChI=1S/C19H29ClN4O9S/c1-18(19(2,33)9(5-6-20)14(28)24-18)17(32)34-8-11(15(29)22-7-13(26)27)23-12(25)4-3-10(21)16(30)31/h9-11,33H,3-8,21H2,1-2H3,(H,22,29)(H,23,25)(H,24,28)(H,26,27)(H,30,31)/t9-,10?,11?,18-,19-/m0/s1. The van der Waals surface area contributed by atoms with Crippen LogP contribution in [0.25, 0.3) is 0 Å². The summed E-state index contributed by atoms with van der Waals surface area (Å²) < 4.78 is 0. The van der Waals surface area contributed by atoms with Crippen LogP contribution in [0.3, 0.4) is 0 Å². The van der Waals surface area contributed by atoms with Gasteiger partial charge in [0.15, 0.2) is 0 Å². The van der Waals surface area contributed by atoms with Crippen molar-refractivity contribution in [2.24, 2.45) is 11.7 Å². The molecule has 2 unspecified atom stereocenters. The molecule has 1 fully saturated rings. The summed E-state index contributed by atoms with van der Waals surface area (Å²) in [6, 6.07) is -2.67. The molecule has 15 heteroatoms. The largest absolute Gasteiger partial charge is 0.480 e. The fourth-order valence-electron chi connectivity index (χ4n) is 3.29. The second-order valence-corrected chi connectivity index (χ2v) is 9.48. The molecule has 0 bridgehead atoms. The fourth-order valence-corrected chi connectivity index (χ4v) is 4.61. The van der Waals surface area contributed by atoms with Gasteiger partial charge in [-0.3, -0.25) is 28.8 Å². The first-order valence-corrected chi connectivity index (χ1v) is 11.7. The first kappa shape index (κ1) is 29.6. The summed E-state index contributed by atoms with van der Waals surface area (Å²) in [6.07, 6.45) is -0.425. The Balaban J connectivity index is 2.92. The van der Waals surface area contributed by atoms with Gasteiger partial charge in [0.2, 0.25) is 22.8 Å². The van der Waals surface area contributed by atoms with Crippen LogP contribution in [0, 0.1) is 5.92 Å². The minimum Gasteiger partial charge on any atom is -0.480 e. The Kier molecular flexibility index (Phi) is 10.7. The van der Waals surface area contributed by atoms with Crippen molar-refractivity contribution in [2.45, 2.75) is 56.3 Å². The molecule has 3 amide bonds. The van der Waals surface area contributed by atoms with Gasteiger partial charge in [0.25, 0.3) is 0 Å². The smallest absolute Gasteiger partial charge is 0.322 e. The lowest BCUT2D eigenvalue weighted by molar-refractivity contribution is -0.139. The molecule has 0 radical (unpaired) electrons. The van der Waals surface area contributed by atoms with Crippen molar-refractivity contribution in [3.05, 3.63) is 0 Å². The summed E-state index contributed by atoms with van der Waals surface area (Å²) in [7, 11) is 0. The molecular weight excluding hydrogens is 496 g/mol. The van der Waals surface area contributed by atoms with E-state index in [4.69, 9.17) is 27.5 Å². The van der Waals surface area contributed by atoms with Crippen molar-refractivity contribution in [3.8, 4) is 0 Å². The molecule has 192 valence electrons. The minimum absolute atomic E-state index is 0.0784. The Morgan fingerprint density at radius 3 is 2.38 bits per heavy atom. The van der Waals surface area contributed by atoms with Gasteiger partial charge >= 0.3 is 11.9 Å². The van der Waals surface area contributed by atoms with Crippen LogP contribution in [0.1, 0.15) is 33.1 Å². The number of halogens is 1. The first-order valence-electron chi connectivity index (χ1n) is 10.2. The third-order valence-corrected chi connectivity index (χ3v) is 7.02. The van der Waals surface area contributed by atoms with E-state index in [0.29, 0.717) is 11.8 Å². The quantitative estimate of drug-likeness (QED) is 0.130. The molecule has 0 aromatic heterocycles. The Morgan fingerprint density at radius 1 is 1.24 bits per heavy atom. The highest BCUT2D eigenvalue weighted by molar-refractivity contribution is 8.13. The van der Waals surface area contributed by atoms with Gasteiger partial charge in [-0.1, -0.05) is 11.8 Å². The number of hydrogen-bond acceptors (Lipinski definition) is 9. The molecule has 13 nitrogen and oxygen atoms in total. The van der Waals surface area contributed by atoms with E-state index < -0.39 is 70.5 Å². The van der Waals surface area contributed by atoms with E-state index in [9.17, 15) is 33.9 Å². The highest BCUT2D eigenvalue weighted by Crippen LogP contribution is 2.41. The zero-order valence-corrected chi connectivity index (χ0v) is 20.2. The Hall–Kier alpha value is -2.42. The summed E-state index contributed by atoms with van der Waals surface area (Å²) in [6.45, 7) is 1.92. The number of carbonyl (C=O) groups excluding carboxylic acids is 4. The second-order valence-electron chi connectivity index (χ2n) is 8.11. The molecule has 0 saturated carbocycles. The summed E-state index contributed by atoms with van der Waals surface area (Å²) in [4.78, 5) is 71.4. The van der Waals surface area contributed by atoms with Gasteiger partial charge in [-0.15, -0.1) is 11.6 Å². The van der Waals surface area contributed by atoms with E-state index >= 15 is 0 Å². The van der Waals surface area contributed by atoms with Gasteiger partial charge in [-0.05, 0) is 26.7 Å². The molecule has 0 spiro atoms. The highest BCUT2D eigenvalue weighted by atomic mass is 35.5. The molecule has 1 heterocycles. The molecule has 0 aromatic rings. The molecule has 0 aromatic carbocycles. The van der Waals surface area contributed by atoms with Gasteiger partial charge in [0, 0.05) is 18.1 Å². The van der Waals surface area contributed by atoms with Crippen LogP contribution < -0.4 is 21.7 Å². The maximum Gasteiger partial charge on any atom is 0.322 e. The maximum atomic E-state index is 13.0. The monoisotopic (exact) mass is 524 g/mol. The zero-order valence-electron chi connectivity index (χ0n) is 18.6. The normalized spacial score (nSPS) is 25.7. The van der Waals surface area contributed by atoms with E-state index in [1.54, 1.807) is 0 Å². The Morgan fingerprint density at radius 2 is 1.85 bits per heavy atom. The lowest BCUT2D eigenvalue weighted by atomic mass is 9.77. The van der Waals surface area contributed by atoms with Crippen LogP contribution in [0.4, 0.5) is 0 Å². The van der Waals surface area contributed by atoms with Crippen LogP contribution in [0.5, 0.6) is 0 Å². The van der Waals surface area contributed by atoms with Crippen LogP contribution in [0.15, 0.2) is 0 Å². The van der Waals surface area contributed by atoms with Gasteiger partial charge < -0.3 is 37.0 Å². The maximum absolute atomic E-state index is 13.0. The predicted octanol–water partition coefficient (Wildman–Crippen LogP) is -1.99. The van der Waals surface area contributed by atoms with Gasteiger partial charge in [0.1, 0.15) is 29.8 Å². The van der Waals surface area contributed by atoms with E-state index in [0.717, 1.165) is 0 Å². The molecular formula is C19H29ClN4O9S. The molecule has 0 aliphatic carbocycles. The van der Waals surface area contributed by atoms with E-state index in [-0.39, 0.29) is 30.9 Å².